The van der Waals surface area contributed by atoms with Crippen LogP contribution in [0.4, 0.5) is 0 Å². The van der Waals surface area contributed by atoms with Crippen molar-refractivity contribution in [3.63, 3.8) is 0 Å². The monoisotopic (exact) mass is 254 g/mol. The van der Waals surface area contributed by atoms with Gasteiger partial charge in [-0.15, -0.1) is 11.3 Å². The van der Waals surface area contributed by atoms with Crippen molar-refractivity contribution in [2.24, 2.45) is 5.92 Å². The van der Waals surface area contributed by atoms with Gasteiger partial charge in [0.25, 0.3) is 0 Å². The molecule has 1 rings (SSSR count). The normalized spacial score (nSPS) is 12.7. The van der Waals surface area contributed by atoms with Crippen LogP contribution >= 0.6 is 11.3 Å². The predicted molar refractivity (Wildman–Crippen MR) is 73.2 cm³/mol. The third kappa shape index (κ3) is 4.88. The standard InChI is InChI=1S/C13H22N2OS/c1-4-11(12-6-5-9-17-12)14-7-8-15-13(16)10(2)3/h5-6,9-11,14H,4,7-8H2,1-3H3,(H,15,16). The molecule has 1 unspecified atom stereocenters. The Labute approximate surface area is 108 Å². The zero-order valence-electron chi connectivity index (χ0n) is 10.8. The van der Waals surface area contributed by atoms with Crippen molar-refractivity contribution in [2.45, 2.75) is 33.2 Å². The first-order chi connectivity index (χ1) is 8.15. The average Bonchev–Trinajstić information content (AvgIpc) is 2.82. The van der Waals surface area contributed by atoms with E-state index in [1.54, 1.807) is 11.3 Å². The summed E-state index contributed by atoms with van der Waals surface area (Å²) < 4.78 is 0. The zero-order valence-corrected chi connectivity index (χ0v) is 11.6. The topological polar surface area (TPSA) is 41.1 Å². The minimum Gasteiger partial charge on any atom is -0.355 e. The second-order valence-electron chi connectivity index (χ2n) is 4.38. The van der Waals surface area contributed by atoms with Crippen LogP contribution in [0.15, 0.2) is 17.5 Å². The number of thiophene rings is 1. The Bertz CT molecular complexity index is 322. The van der Waals surface area contributed by atoms with Crippen LogP contribution in [-0.2, 0) is 4.79 Å². The van der Waals surface area contributed by atoms with Crippen molar-refractivity contribution in [3.05, 3.63) is 22.4 Å². The molecule has 4 heteroatoms. The Balaban J connectivity index is 2.23. The molecule has 17 heavy (non-hydrogen) atoms. The molecular weight excluding hydrogens is 232 g/mol. The summed E-state index contributed by atoms with van der Waals surface area (Å²) in [4.78, 5) is 12.7. The summed E-state index contributed by atoms with van der Waals surface area (Å²) in [6, 6.07) is 4.63. The molecule has 0 aliphatic carbocycles. The van der Waals surface area contributed by atoms with Gasteiger partial charge < -0.3 is 10.6 Å². The summed E-state index contributed by atoms with van der Waals surface area (Å²) in [5.41, 5.74) is 0. The summed E-state index contributed by atoms with van der Waals surface area (Å²) in [5, 5.41) is 8.47. The first-order valence-electron chi connectivity index (χ1n) is 6.19. The maximum atomic E-state index is 11.3. The van der Waals surface area contributed by atoms with Crippen molar-refractivity contribution >= 4 is 17.2 Å². The number of nitrogens with one attached hydrogen (secondary N) is 2. The molecule has 0 fully saturated rings. The summed E-state index contributed by atoms with van der Waals surface area (Å²) in [6.07, 6.45) is 1.07. The molecule has 0 aliphatic rings. The van der Waals surface area contributed by atoms with Crippen LogP contribution in [0.2, 0.25) is 0 Å². The highest BCUT2D eigenvalue weighted by molar-refractivity contribution is 7.10. The fourth-order valence-corrected chi connectivity index (χ4v) is 2.46. The lowest BCUT2D eigenvalue weighted by atomic mass is 10.2. The molecular formula is C13H22N2OS. The highest BCUT2D eigenvalue weighted by Gasteiger charge is 2.09. The van der Waals surface area contributed by atoms with Gasteiger partial charge in [-0.3, -0.25) is 4.79 Å². The maximum absolute atomic E-state index is 11.3. The molecule has 1 amide bonds. The van der Waals surface area contributed by atoms with E-state index in [-0.39, 0.29) is 11.8 Å². The van der Waals surface area contributed by atoms with Crippen LogP contribution in [0.5, 0.6) is 0 Å². The number of rotatable bonds is 7. The molecule has 0 saturated carbocycles. The molecule has 0 saturated heterocycles. The average molecular weight is 254 g/mol. The van der Waals surface area contributed by atoms with Gasteiger partial charge in [0.1, 0.15) is 0 Å². The number of hydrogen-bond acceptors (Lipinski definition) is 3. The van der Waals surface area contributed by atoms with E-state index in [2.05, 4.69) is 35.1 Å². The minimum atomic E-state index is 0.0641. The molecule has 2 N–H and O–H groups in total. The summed E-state index contributed by atoms with van der Waals surface area (Å²) in [5.74, 6) is 0.185. The van der Waals surface area contributed by atoms with Crippen molar-refractivity contribution in [2.75, 3.05) is 13.1 Å². The highest BCUT2D eigenvalue weighted by Crippen LogP contribution is 2.21. The molecule has 0 radical (unpaired) electrons. The Morgan fingerprint density at radius 2 is 2.18 bits per heavy atom. The van der Waals surface area contributed by atoms with Gasteiger partial charge in [-0.05, 0) is 17.9 Å². The lowest BCUT2D eigenvalue weighted by Crippen LogP contribution is -2.35. The Kier molecular flexibility index (Phi) is 6.22. The maximum Gasteiger partial charge on any atom is 0.222 e. The van der Waals surface area contributed by atoms with Crippen LogP contribution in [0.25, 0.3) is 0 Å². The van der Waals surface area contributed by atoms with Gasteiger partial charge in [0.2, 0.25) is 5.91 Å². The smallest absolute Gasteiger partial charge is 0.222 e. The fourth-order valence-electron chi connectivity index (χ4n) is 1.57. The zero-order chi connectivity index (χ0) is 12.7. The van der Waals surface area contributed by atoms with Gasteiger partial charge in [0.15, 0.2) is 0 Å². The lowest BCUT2D eigenvalue weighted by Gasteiger charge is -2.16. The largest absolute Gasteiger partial charge is 0.355 e. The van der Waals surface area contributed by atoms with Gasteiger partial charge in [-0.1, -0.05) is 26.8 Å². The number of carbonyl (C=O) groups is 1. The third-order valence-electron chi connectivity index (χ3n) is 2.63. The van der Waals surface area contributed by atoms with Gasteiger partial charge >= 0.3 is 0 Å². The third-order valence-corrected chi connectivity index (χ3v) is 3.62. The molecule has 0 aromatic carbocycles. The van der Waals surface area contributed by atoms with Gasteiger partial charge in [-0.25, -0.2) is 0 Å². The molecule has 96 valence electrons. The van der Waals surface area contributed by atoms with E-state index >= 15 is 0 Å². The van der Waals surface area contributed by atoms with Gasteiger partial charge in [-0.2, -0.15) is 0 Å². The highest BCUT2D eigenvalue weighted by atomic mass is 32.1. The van der Waals surface area contributed by atoms with E-state index in [1.165, 1.54) is 4.88 Å². The molecule has 1 heterocycles. The van der Waals surface area contributed by atoms with Crippen LogP contribution in [0.1, 0.15) is 38.1 Å². The van der Waals surface area contributed by atoms with E-state index in [1.807, 2.05) is 13.8 Å². The first kappa shape index (κ1) is 14.2. The van der Waals surface area contributed by atoms with E-state index < -0.39 is 0 Å². The van der Waals surface area contributed by atoms with Crippen molar-refractivity contribution < 1.29 is 4.79 Å². The van der Waals surface area contributed by atoms with Crippen LogP contribution in [0.3, 0.4) is 0 Å². The second kappa shape index (κ2) is 7.45. The van der Waals surface area contributed by atoms with Crippen LogP contribution < -0.4 is 10.6 Å². The quantitative estimate of drug-likeness (QED) is 0.734. The molecule has 0 bridgehead atoms. The first-order valence-corrected chi connectivity index (χ1v) is 7.07. The Morgan fingerprint density at radius 3 is 2.71 bits per heavy atom. The van der Waals surface area contributed by atoms with Crippen LogP contribution in [-0.4, -0.2) is 19.0 Å². The van der Waals surface area contributed by atoms with E-state index in [9.17, 15) is 4.79 Å². The van der Waals surface area contributed by atoms with E-state index in [0.717, 1.165) is 13.0 Å². The Hall–Kier alpha value is -0.870. The summed E-state index contributed by atoms with van der Waals surface area (Å²) >= 11 is 1.77. The van der Waals surface area contributed by atoms with Gasteiger partial charge in [0.05, 0.1) is 0 Å². The van der Waals surface area contributed by atoms with Gasteiger partial charge in [0, 0.05) is 29.9 Å². The predicted octanol–water partition coefficient (Wildman–Crippen LogP) is 2.56. The number of carbonyl (C=O) groups excluding carboxylic acids is 1. The van der Waals surface area contributed by atoms with Crippen molar-refractivity contribution in [1.82, 2.24) is 10.6 Å². The van der Waals surface area contributed by atoms with E-state index in [4.69, 9.17) is 0 Å². The number of amides is 1. The summed E-state index contributed by atoms with van der Waals surface area (Å²) in [7, 11) is 0. The molecule has 0 spiro atoms. The second-order valence-corrected chi connectivity index (χ2v) is 5.36. The van der Waals surface area contributed by atoms with E-state index in [0.29, 0.717) is 12.6 Å². The molecule has 1 aromatic rings. The molecule has 1 atom stereocenters. The number of hydrogen-bond donors (Lipinski definition) is 2. The van der Waals surface area contributed by atoms with Crippen LogP contribution in [0, 0.1) is 5.92 Å². The fraction of sp³-hybridized carbons (Fsp3) is 0.615. The minimum absolute atomic E-state index is 0.0641. The van der Waals surface area contributed by atoms with Crippen molar-refractivity contribution in [3.8, 4) is 0 Å². The Morgan fingerprint density at radius 1 is 1.41 bits per heavy atom. The lowest BCUT2D eigenvalue weighted by molar-refractivity contribution is -0.123. The molecule has 1 aromatic heterocycles. The molecule has 0 aliphatic heterocycles. The van der Waals surface area contributed by atoms with Crippen molar-refractivity contribution in [1.29, 1.82) is 0 Å². The summed E-state index contributed by atoms with van der Waals surface area (Å²) in [6.45, 7) is 7.49. The SMILES string of the molecule is CCC(NCCNC(=O)C(C)C)c1cccs1. The molecule has 3 nitrogen and oxygen atoms in total.